The molecule has 6 nitrogen and oxygen atoms in total. The van der Waals surface area contributed by atoms with Crippen LogP contribution in [-0.2, 0) is 11.8 Å². The van der Waals surface area contributed by atoms with E-state index in [1.807, 2.05) is 37.4 Å². The Morgan fingerprint density at radius 1 is 1.25 bits per heavy atom. The van der Waals surface area contributed by atoms with Gasteiger partial charge in [0.1, 0.15) is 0 Å². The van der Waals surface area contributed by atoms with Gasteiger partial charge in [-0.2, -0.15) is 0 Å². The van der Waals surface area contributed by atoms with Crippen molar-refractivity contribution in [3.8, 4) is 0 Å². The molecular formula is C21H29IN5O-. The van der Waals surface area contributed by atoms with Crippen LogP contribution in [-0.4, -0.2) is 48.8 Å². The SMILES string of the molecule is CC(C)c1cnc(C(NC(=O)CN2CC[I-]CC2)c2ccccc2)n(C)c1=N. The second-order valence-corrected chi connectivity index (χ2v) is 10.6. The van der Waals surface area contributed by atoms with Crippen LogP contribution in [0.1, 0.15) is 42.8 Å². The van der Waals surface area contributed by atoms with Crippen LogP contribution in [0.2, 0.25) is 0 Å². The minimum absolute atomic E-state index is 0.00946. The molecule has 0 spiro atoms. The summed E-state index contributed by atoms with van der Waals surface area (Å²) in [4.78, 5) is 19.7. The number of nitrogens with one attached hydrogen (secondary N) is 2. The van der Waals surface area contributed by atoms with Gasteiger partial charge < -0.3 is 0 Å². The molecule has 152 valence electrons. The molecule has 1 unspecified atom stereocenters. The van der Waals surface area contributed by atoms with Crippen LogP contribution in [0, 0.1) is 5.41 Å². The Kier molecular flexibility index (Phi) is 7.23. The average Bonchev–Trinajstić information content (AvgIpc) is 2.69. The molecule has 2 aromatic rings. The number of nitrogens with zero attached hydrogens (tertiary/aromatic N) is 3. The van der Waals surface area contributed by atoms with E-state index in [9.17, 15) is 4.79 Å². The third-order valence-electron chi connectivity index (χ3n) is 5.04. The van der Waals surface area contributed by atoms with Gasteiger partial charge in [-0.15, -0.1) is 0 Å². The fourth-order valence-corrected chi connectivity index (χ4v) is 5.94. The van der Waals surface area contributed by atoms with Gasteiger partial charge in [0.25, 0.3) is 0 Å². The van der Waals surface area contributed by atoms with Gasteiger partial charge in [0.2, 0.25) is 0 Å². The summed E-state index contributed by atoms with van der Waals surface area (Å²) < 4.78 is 4.33. The zero-order valence-electron chi connectivity index (χ0n) is 16.8. The molecule has 0 saturated carbocycles. The molecule has 2 heterocycles. The number of carbonyl (C=O) groups is 1. The van der Waals surface area contributed by atoms with E-state index in [2.05, 4.69) is 29.0 Å². The molecule has 1 saturated heterocycles. The van der Waals surface area contributed by atoms with E-state index in [1.165, 1.54) is 8.86 Å². The number of halogens is 1. The fraction of sp³-hybridized carbons (Fsp3) is 0.476. The molecule has 0 aliphatic carbocycles. The Labute approximate surface area is 177 Å². The fourth-order valence-electron chi connectivity index (χ4n) is 3.36. The van der Waals surface area contributed by atoms with Crippen molar-refractivity contribution in [3.05, 3.63) is 59.0 Å². The van der Waals surface area contributed by atoms with E-state index in [0.29, 0.717) is 39.1 Å². The second kappa shape index (κ2) is 9.65. The molecule has 7 heteroatoms. The van der Waals surface area contributed by atoms with Crippen molar-refractivity contribution in [3.63, 3.8) is 0 Å². The van der Waals surface area contributed by atoms with Gasteiger partial charge in [-0.25, -0.2) is 0 Å². The molecule has 1 amide bonds. The van der Waals surface area contributed by atoms with Gasteiger partial charge in [0.15, 0.2) is 0 Å². The number of rotatable bonds is 6. The van der Waals surface area contributed by atoms with Crippen molar-refractivity contribution in [1.82, 2.24) is 19.8 Å². The first-order valence-electron chi connectivity index (χ1n) is 9.68. The summed E-state index contributed by atoms with van der Waals surface area (Å²) in [5, 5.41) is 11.7. The molecule has 3 rings (SSSR count). The van der Waals surface area contributed by atoms with E-state index in [-0.39, 0.29) is 17.9 Å². The van der Waals surface area contributed by atoms with Crippen LogP contribution in [0.4, 0.5) is 0 Å². The molecule has 1 aromatic heterocycles. The number of hydrogen-bond donors (Lipinski definition) is 2. The van der Waals surface area contributed by atoms with E-state index < -0.39 is 0 Å². The number of carbonyl (C=O) groups excluding carboxylic acids is 1. The third kappa shape index (κ3) is 5.00. The van der Waals surface area contributed by atoms with Crippen LogP contribution >= 0.6 is 0 Å². The van der Waals surface area contributed by atoms with Gasteiger partial charge >= 0.3 is 164 Å². The Morgan fingerprint density at radius 3 is 2.57 bits per heavy atom. The molecule has 28 heavy (non-hydrogen) atoms. The number of alkyl halides is 2. The molecule has 2 N–H and O–H groups in total. The molecule has 0 bridgehead atoms. The van der Waals surface area contributed by atoms with Gasteiger partial charge in [0.05, 0.1) is 0 Å². The maximum absolute atomic E-state index is 12.8. The molecule has 0 radical (unpaired) electrons. The van der Waals surface area contributed by atoms with Crippen molar-refractivity contribution in [2.75, 3.05) is 28.5 Å². The van der Waals surface area contributed by atoms with Gasteiger partial charge in [-0.3, -0.25) is 0 Å². The topological polar surface area (TPSA) is 74.0 Å². The van der Waals surface area contributed by atoms with Crippen molar-refractivity contribution < 1.29 is 26.0 Å². The normalized spacial score (nSPS) is 16.4. The van der Waals surface area contributed by atoms with Crippen molar-refractivity contribution in [2.45, 2.75) is 25.8 Å². The first kappa shape index (κ1) is 21.0. The predicted octanol–water partition coefficient (Wildman–Crippen LogP) is -1.37. The molecule has 1 aliphatic heterocycles. The van der Waals surface area contributed by atoms with Crippen LogP contribution in [0.3, 0.4) is 0 Å². The van der Waals surface area contributed by atoms with E-state index in [4.69, 9.17) is 5.41 Å². The van der Waals surface area contributed by atoms with Crippen LogP contribution in [0.5, 0.6) is 0 Å². The third-order valence-corrected chi connectivity index (χ3v) is 7.53. The summed E-state index contributed by atoms with van der Waals surface area (Å²) in [7, 11) is 1.85. The molecule has 1 aromatic carbocycles. The predicted molar refractivity (Wildman–Crippen MR) is 106 cm³/mol. The zero-order chi connectivity index (χ0) is 20.1. The summed E-state index contributed by atoms with van der Waals surface area (Å²) in [5.74, 6) is 0.917. The molecule has 1 fully saturated rings. The number of benzene rings is 1. The summed E-state index contributed by atoms with van der Waals surface area (Å²) in [5.41, 5.74) is 2.32. The van der Waals surface area contributed by atoms with Gasteiger partial charge in [0, 0.05) is 0 Å². The maximum atomic E-state index is 12.8. The van der Waals surface area contributed by atoms with Crippen LogP contribution < -0.4 is 32.0 Å². The van der Waals surface area contributed by atoms with Gasteiger partial charge in [-0.05, 0) is 0 Å². The summed E-state index contributed by atoms with van der Waals surface area (Å²) in [6.07, 6.45) is 1.78. The molecule has 1 atom stereocenters. The average molecular weight is 494 g/mol. The van der Waals surface area contributed by atoms with E-state index in [1.54, 1.807) is 10.8 Å². The van der Waals surface area contributed by atoms with E-state index >= 15 is 0 Å². The molecule has 1 aliphatic rings. The minimum atomic E-state index is -0.374. The zero-order valence-corrected chi connectivity index (χ0v) is 18.9. The first-order chi connectivity index (χ1) is 13.5. The summed E-state index contributed by atoms with van der Waals surface area (Å²) >= 11 is 0.346. The standard InChI is InChI=1S/C21H29IN5O/c1-15(2)17-13-24-21(26(3)20(17)23)19(16-7-5-4-6-8-16)25-18(28)14-27-11-9-22-10-12-27/h4-8,13,15,19,23H,9-12,14H2,1-3H3,(H,25,28)/q-1. The van der Waals surface area contributed by atoms with Crippen molar-refractivity contribution in [1.29, 1.82) is 5.41 Å². The van der Waals surface area contributed by atoms with Gasteiger partial charge in [-0.1, -0.05) is 13.8 Å². The monoisotopic (exact) mass is 494 g/mol. The van der Waals surface area contributed by atoms with Crippen molar-refractivity contribution >= 4 is 5.91 Å². The first-order valence-corrected chi connectivity index (χ1v) is 12.7. The number of hydrogen-bond acceptors (Lipinski definition) is 4. The molecular weight excluding hydrogens is 465 g/mol. The van der Waals surface area contributed by atoms with Crippen LogP contribution in [0.25, 0.3) is 0 Å². The Balaban J connectivity index is 1.89. The van der Waals surface area contributed by atoms with Crippen LogP contribution in [0.15, 0.2) is 36.5 Å². The number of aromatic nitrogens is 2. The summed E-state index contributed by atoms with van der Waals surface area (Å²) in [6.45, 7) is 6.61. The van der Waals surface area contributed by atoms with Crippen molar-refractivity contribution in [2.24, 2.45) is 7.05 Å². The quantitative estimate of drug-likeness (QED) is 0.385. The Morgan fingerprint density at radius 2 is 1.93 bits per heavy atom. The number of amides is 1. The van der Waals surface area contributed by atoms with E-state index in [0.717, 1.165) is 24.2 Å². The Hall–Kier alpha value is -1.74. The summed E-state index contributed by atoms with van der Waals surface area (Å²) in [6, 6.07) is 9.52. The second-order valence-electron chi connectivity index (χ2n) is 7.39. The Bertz CT molecular complexity index is 859.